The van der Waals surface area contributed by atoms with Crippen molar-refractivity contribution in [1.29, 1.82) is 0 Å². The topological polar surface area (TPSA) is 46.4 Å². The molecule has 4 aromatic rings. The van der Waals surface area contributed by atoms with Crippen LogP contribution in [-0.4, -0.2) is 21.8 Å². The van der Waals surface area contributed by atoms with Crippen LogP contribution in [0.1, 0.15) is 51.0 Å². The maximum Gasteiger partial charge on any atom is 0.271 e. The maximum atomic E-state index is 12.8. The van der Waals surface area contributed by atoms with Gasteiger partial charge in [-0.3, -0.25) is 4.79 Å². The average Bonchev–Trinajstić information content (AvgIpc) is 3.22. The predicted octanol–water partition coefficient (Wildman–Crippen LogP) is 4.36. The number of hydrogen-bond acceptors (Lipinski definition) is 2. The molecule has 7 rings (SSSR count). The maximum absolute atomic E-state index is 12.8. The zero-order chi connectivity index (χ0) is 19.4. The number of imidazole rings is 1. The minimum absolute atomic E-state index is 0.100. The minimum Gasteiger partial charge on any atom is -0.350 e. The zero-order valence-corrected chi connectivity index (χ0v) is 16.0. The molecular weight excluding hydrogens is 358 g/mol. The van der Waals surface area contributed by atoms with E-state index in [1.807, 2.05) is 28.8 Å². The molecule has 1 amide bonds. The van der Waals surface area contributed by atoms with Gasteiger partial charge in [-0.15, -0.1) is 0 Å². The van der Waals surface area contributed by atoms with Gasteiger partial charge in [-0.25, -0.2) is 4.98 Å². The Morgan fingerprint density at radius 2 is 1.59 bits per heavy atom. The molecule has 2 aromatic heterocycles. The molecule has 1 atom stereocenters. The molecule has 2 heterocycles. The molecule has 29 heavy (non-hydrogen) atoms. The first-order chi connectivity index (χ1) is 14.3. The van der Waals surface area contributed by atoms with Gasteiger partial charge in [-0.1, -0.05) is 54.6 Å². The molecule has 3 aliphatic carbocycles. The van der Waals surface area contributed by atoms with Crippen LogP contribution in [0.5, 0.6) is 0 Å². The molecule has 142 valence electrons. The number of carbonyl (C=O) groups is 1. The Hall–Kier alpha value is -3.40. The van der Waals surface area contributed by atoms with Crippen molar-refractivity contribution in [2.24, 2.45) is 5.92 Å². The first-order valence-electron chi connectivity index (χ1n) is 10.2. The molecule has 0 spiro atoms. The number of aromatic nitrogens is 2. The molecule has 3 aliphatic rings. The van der Waals surface area contributed by atoms with Gasteiger partial charge >= 0.3 is 0 Å². The lowest BCUT2D eigenvalue weighted by molar-refractivity contribution is 0.0938. The summed E-state index contributed by atoms with van der Waals surface area (Å²) in [6.45, 7) is 0.663. The predicted molar refractivity (Wildman–Crippen MR) is 112 cm³/mol. The molecule has 4 heteroatoms. The van der Waals surface area contributed by atoms with Gasteiger partial charge in [0.15, 0.2) is 0 Å². The molecular formula is C25H21N3O. The van der Waals surface area contributed by atoms with Crippen molar-refractivity contribution in [3.8, 4) is 0 Å². The molecule has 2 bridgehead atoms. The quantitative estimate of drug-likeness (QED) is 0.575. The Kier molecular flexibility index (Phi) is 3.60. The third kappa shape index (κ3) is 2.52. The largest absolute Gasteiger partial charge is 0.350 e. The summed E-state index contributed by atoms with van der Waals surface area (Å²) in [7, 11) is 0. The van der Waals surface area contributed by atoms with Gasteiger partial charge in [0.1, 0.15) is 11.3 Å². The van der Waals surface area contributed by atoms with E-state index in [1.54, 1.807) is 6.20 Å². The number of hydrogen-bond donors (Lipinski definition) is 1. The summed E-state index contributed by atoms with van der Waals surface area (Å²) in [6, 6.07) is 23.4. The fourth-order valence-electron chi connectivity index (χ4n) is 5.32. The summed E-state index contributed by atoms with van der Waals surface area (Å²) >= 11 is 0. The van der Waals surface area contributed by atoms with Gasteiger partial charge in [0.2, 0.25) is 0 Å². The van der Waals surface area contributed by atoms with Gasteiger partial charge in [0.25, 0.3) is 5.91 Å². The van der Waals surface area contributed by atoms with Crippen LogP contribution in [0.3, 0.4) is 0 Å². The molecule has 1 N–H and O–H groups in total. The number of amides is 1. The molecule has 0 radical (unpaired) electrons. The van der Waals surface area contributed by atoms with E-state index in [2.05, 4.69) is 58.8 Å². The highest BCUT2D eigenvalue weighted by Gasteiger charge is 2.42. The smallest absolute Gasteiger partial charge is 0.271 e. The molecule has 4 nitrogen and oxygen atoms in total. The van der Waals surface area contributed by atoms with Crippen LogP contribution >= 0.6 is 0 Å². The van der Waals surface area contributed by atoms with E-state index >= 15 is 0 Å². The first-order valence-corrected chi connectivity index (χ1v) is 10.2. The van der Waals surface area contributed by atoms with Crippen molar-refractivity contribution in [2.45, 2.75) is 18.3 Å². The van der Waals surface area contributed by atoms with Gasteiger partial charge in [-0.05, 0) is 46.7 Å². The highest BCUT2D eigenvalue weighted by Crippen LogP contribution is 2.55. The van der Waals surface area contributed by atoms with Crippen LogP contribution in [-0.2, 0) is 0 Å². The molecule has 0 fully saturated rings. The third-order valence-corrected chi connectivity index (χ3v) is 6.54. The van der Waals surface area contributed by atoms with E-state index in [0.29, 0.717) is 30.0 Å². The second-order valence-corrected chi connectivity index (χ2v) is 8.09. The summed E-state index contributed by atoms with van der Waals surface area (Å²) in [6.07, 6.45) is 4.78. The number of benzene rings is 2. The van der Waals surface area contributed by atoms with Crippen LogP contribution in [0.25, 0.3) is 5.65 Å². The van der Waals surface area contributed by atoms with E-state index in [-0.39, 0.29) is 5.91 Å². The Balaban J connectivity index is 1.28. The number of pyridine rings is 1. The van der Waals surface area contributed by atoms with E-state index < -0.39 is 0 Å². The monoisotopic (exact) mass is 379 g/mol. The minimum atomic E-state index is -0.100. The SMILES string of the molecule is O=C(NCC1CC2c3ccccc3C1c1ccccc12)c1cn2ccccc2n1. The lowest BCUT2D eigenvalue weighted by atomic mass is 9.59. The molecule has 1 unspecified atom stereocenters. The lowest BCUT2D eigenvalue weighted by Gasteiger charge is -2.45. The van der Waals surface area contributed by atoms with Crippen molar-refractivity contribution in [2.75, 3.05) is 6.54 Å². The van der Waals surface area contributed by atoms with Gasteiger partial charge in [0, 0.05) is 30.8 Å². The van der Waals surface area contributed by atoms with Gasteiger partial charge in [-0.2, -0.15) is 0 Å². The second-order valence-electron chi connectivity index (χ2n) is 8.09. The molecule has 0 saturated heterocycles. The molecule has 0 saturated carbocycles. The lowest BCUT2D eigenvalue weighted by Crippen LogP contribution is -2.39. The van der Waals surface area contributed by atoms with Crippen LogP contribution in [0.2, 0.25) is 0 Å². The Labute approximate surface area is 169 Å². The van der Waals surface area contributed by atoms with E-state index in [4.69, 9.17) is 0 Å². The Morgan fingerprint density at radius 1 is 0.931 bits per heavy atom. The number of fused-ring (bicyclic) bond motifs is 2. The summed E-state index contributed by atoms with van der Waals surface area (Å²) in [5.41, 5.74) is 7.03. The van der Waals surface area contributed by atoms with Crippen molar-refractivity contribution in [3.05, 3.63) is 107 Å². The van der Waals surface area contributed by atoms with E-state index in [9.17, 15) is 4.79 Å². The third-order valence-electron chi connectivity index (χ3n) is 6.54. The number of carbonyl (C=O) groups excluding carboxylic acids is 1. The van der Waals surface area contributed by atoms with E-state index in [0.717, 1.165) is 12.1 Å². The van der Waals surface area contributed by atoms with Crippen molar-refractivity contribution in [3.63, 3.8) is 0 Å². The van der Waals surface area contributed by atoms with Gasteiger partial charge in [0.05, 0.1) is 0 Å². The van der Waals surface area contributed by atoms with Gasteiger partial charge < -0.3 is 9.72 Å². The molecule has 2 aromatic carbocycles. The molecule has 0 aliphatic heterocycles. The highest BCUT2D eigenvalue weighted by molar-refractivity contribution is 5.92. The standard InChI is InChI=1S/C25H21N3O/c29-25(22-15-28-12-6-5-11-23(28)27-22)26-14-16-13-21-17-7-1-3-9-19(17)24(16)20-10-4-2-8-18(20)21/h1-12,15-16,21,24H,13-14H2,(H,26,29). The fourth-order valence-corrected chi connectivity index (χ4v) is 5.32. The van der Waals surface area contributed by atoms with E-state index in [1.165, 1.54) is 22.3 Å². The van der Waals surface area contributed by atoms with Crippen molar-refractivity contribution >= 4 is 11.6 Å². The average molecular weight is 379 g/mol. The highest BCUT2D eigenvalue weighted by atomic mass is 16.1. The Morgan fingerprint density at radius 3 is 2.28 bits per heavy atom. The second kappa shape index (κ2) is 6.31. The van der Waals surface area contributed by atoms with Crippen molar-refractivity contribution < 1.29 is 4.79 Å². The fraction of sp³-hybridized carbons (Fsp3) is 0.200. The number of nitrogens with zero attached hydrogens (tertiary/aromatic N) is 2. The van der Waals surface area contributed by atoms with Crippen molar-refractivity contribution in [1.82, 2.24) is 14.7 Å². The van der Waals surface area contributed by atoms with Crippen LogP contribution in [0.15, 0.2) is 79.1 Å². The van der Waals surface area contributed by atoms with Crippen LogP contribution in [0.4, 0.5) is 0 Å². The van der Waals surface area contributed by atoms with Crippen LogP contribution < -0.4 is 5.32 Å². The summed E-state index contributed by atoms with van der Waals surface area (Å²) < 4.78 is 1.88. The zero-order valence-electron chi connectivity index (χ0n) is 16.0. The summed E-state index contributed by atoms with van der Waals surface area (Å²) in [5.74, 6) is 1.06. The Bertz CT molecular complexity index is 1160. The summed E-state index contributed by atoms with van der Waals surface area (Å²) in [5, 5.41) is 3.16. The van der Waals surface area contributed by atoms with Crippen LogP contribution in [0, 0.1) is 5.92 Å². The number of nitrogens with one attached hydrogen (secondary N) is 1. The summed E-state index contributed by atoms with van der Waals surface area (Å²) in [4.78, 5) is 17.2. The number of rotatable bonds is 3. The first kappa shape index (κ1) is 16.5. The normalized spacial score (nSPS) is 21.6.